The summed E-state index contributed by atoms with van der Waals surface area (Å²) in [4.78, 5) is 10.6. The van der Waals surface area contributed by atoms with Crippen molar-refractivity contribution in [3.05, 3.63) is 17.5 Å². The lowest BCUT2D eigenvalue weighted by atomic mass is 10.1. The summed E-state index contributed by atoms with van der Waals surface area (Å²) in [6.45, 7) is 6.57. The second kappa shape index (κ2) is 4.80. The monoisotopic (exact) mass is 257 g/mol. The van der Waals surface area contributed by atoms with Crippen LogP contribution in [0.3, 0.4) is 0 Å². The van der Waals surface area contributed by atoms with E-state index in [9.17, 15) is 0 Å². The number of aromatic nitrogens is 2. The molecule has 0 atom stereocenters. The van der Waals surface area contributed by atoms with Crippen LogP contribution in [-0.4, -0.2) is 33.6 Å². The molecule has 1 aliphatic rings. The van der Waals surface area contributed by atoms with Crippen LogP contribution < -0.4 is 4.90 Å². The largest absolute Gasteiger partial charge is 0.353 e. The predicted octanol–water partition coefficient (Wildman–Crippen LogP) is 2.85. The first-order chi connectivity index (χ1) is 7.58. The van der Waals surface area contributed by atoms with Crippen LogP contribution in [0, 0.1) is 0 Å². The zero-order valence-electron chi connectivity index (χ0n) is 9.61. The zero-order valence-corrected chi connectivity index (χ0v) is 11.2. The highest BCUT2D eigenvalue weighted by molar-refractivity contribution is 8.00. The van der Waals surface area contributed by atoms with E-state index in [0.717, 1.165) is 31.1 Å². The molecule has 0 amide bonds. The molecule has 2 rings (SSSR count). The van der Waals surface area contributed by atoms with Crippen molar-refractivity contribution in [2.45, 2.75) is 25.0 Å². The maximum Gasteiger partial charge on any atom is 0.171 e. The van der Waals surface area contributed by atoms with Gasteiger partial charge < -0.3 is 4.90 Å². The van der Waals surface area contributed by atoms with Crippen LogP contribution in [0.25, 0.3) is 0 Å². The lowest BCUT2D eigenvalue weighted by molar-refractivity contribution is 0.634. The van der Waals surface area contributed by atoms with Gasteiger partial charge in [-0.1, -0.05) is 25.4 Å². The quantitative estimate of drug-likeness (QED) is 0.774. The highest BCUT2D eigenvalue weighted by atomic mass is 35.5. The second-order valence-electron chi connectivity index (χ2n) is 4.52. The molecule has 1 aliphatic heterocycles. The fraction of sp³-hybridized carbons (Fsp3) is 0.636. The number of halogens is 1. The van der Waals surface area contributed by atoms with E-state index in [4.69, 9.17) is 11.6 Å². The third kappa shape index (κ3) is 2.80. The van der Waals surface area contributed by atoms with E-state index in [1.54, 1.807) is 12.4 Å². The van der Waals surface area contributed by atoms with Crippen LogP contribution in [0.15, 0.2) is 12.4 Å². The Bertz CT molecular complexity index is 370. The summed E-state index contributed by atoms with van der Waals surface area (Å²) >= 11 is 8.07. The highest BCUT2D eigenvalue weighted by Crippen LogP contribution is 2.32. The molecular formula is C11H16ClN3S. The number of rotatable bonds is 1. The predicted molar refractivity (Wildman–Crippen MR) is 70.4 cm³/mol. The third-order valence-corrected chi connectivity index (χ3v) is 4.41. The maximum atomic E-state index is 6.06. The van der Waals surface area contributed by atoms with Crippen molar-refractivity contribution >= 4 is 29.2 Å². The minimum Gasteiger partial charge on any atom is -0.353 e. The Morgan fingerprint density at radius 2 is 2.06 bits per heavy atom. The average molecular weight is 258 g/mol. The van der Waals surface area contributed by atoms with E-state index in [0.29, 0.717) is 9.90 Å². The van der Waals surface area contributed by atoms with Crippen LogP contribution in [0.5, 0.6) is 0 Å². The van der Waals surface area contributed by atoms with Crippen LogP contribution >= 0.6 is 23.4 Å². The van der Waals surface area contributed by atoms with E-state index < -0.39 is 0 Å². The Hall–Kier alpha value is -0.480. The second-order valence-corrected chi connectivity index (χ2v) is 6.68. The Kier molecular flexibility index (Phi) is 3.60. The van der Waals surface area contributed by atoms with Gasteiger partial charge in [0.2, 0.25) is 0 Å². The minimum atomic E-state index is 0.351. The molecule has 1 aromatic heterocycles. The standard InChI is InChI=1S/C11H16ClN3S/c1-11(2)3-6-15(7-8-16-11)10-9(12)13-4-5-14-10/h4-5H,3,6-8H2,1-2H3. The molecular weight excluding hydrogens is 242 g/mol. The topological polar surface area (TPSA) is 29.0 Å². The molecule has 0 aliphatic carbocycles. The van der Waals surface area contributed by atoms with Crippen LogP contribution in [-0.2, 0) is 0 Å². The Balaban J connectivity index is 2.14. The lowest BCUT2D eigenvalue weighted by Gasteiger charge is -2.23. The van der Waals surface area contributed by atoms with Crippen molar-refractivity contribution in [1.29, 1.82) is 0 Å². The number of hydrogen-bond donors (Lipinski definition) is 0. The summed E-state index contributed by atoms with van der Waals surface area (Å²) < 4.78 is 0.351. The summed E-state index contributed by atoms with van der Waals surface area (Å²) in [7, 11) is 0. The van der Waals surface area contributed by atoms with Gasteiger partial charge in [-0.25, -0.2) is 9.97 Å². The molecule has 0 unspecified atom stereocenters. The van der Waals surface area contributed by atoms with Gasteiger partial charge in [-0.05, 0) is 6.42 Å². The van der Waals surface area contributed by atoms with Gasteiger partial charge in [-0.2, -0.15) is 11.8 Å². The number of nitrogens with zero attached hydrogens (tertiary/aromatic N) is 3. The molecule has 0 aromatic carbocycles. The fourth-order valence-electron chi connectivity index (χ4n) is 1.76. The number of anilines is 1. The minimum absolute atomic E-state index is 0.351. The summed E-state index contributed by atoms with van der Waals surface area (Å²) in [6, 6.07) is 0. The molecule has 1 aromatic rings. The van der Waals surface area contributed by atoms with Gasteiger partial charge in [0.1, 0.15) is 0 Å². The van der Waals surface area contributed by atoms with Crippen LogP contribution in [0.1, 0.15) is 20.3 Å². The molecule has 16 heavy (non-hydrogen) atoms. The zero-order chi connectivity index (χ0) is 11.6. The van der Waals surface area contributed by atoms with Gasteiger partial charge in [0, 0.05) is 36.0 Å². The summed E-state index contributed by atoms with van der Waals surface area (Å²) in [5.74, 6) is 1.93. The molecule has 0 N–H and O–H groups in total. The molecule has 1 fully saturated rings. The fourth-order valence-corrected chi connectivity index (χ4v) is 3.08. The summed E-state index contributed by atoms with van der Waals surface area (Å²) in [6.07, 6.45) is 4.47. The van der Waals surface area contributed by atoms with E-state index in [-0.39, 0.29) is 0 Å². The SMILES string of the molecule is CC1(C)CCN(c2nccnc2Cl)CCS1. The van der Waals surface area contributed by atoms with E-state index in [1.807, 2.05) is 11.8 Å². The van der Waals surface area contributed by atoms with E-state index in [2.05, 4.69) is 28.7 Å². The van der Waals surface area contributed by atoms with Gasteiger partial charge in [-0.3, -0.25) is 0 Å². The number of thioether (sulfide) groups is 1. The highest BCUT2D eigenvalue weighted by Gasteiger charge is 2.25. The van der Waals surface area contributed by atoms with Gasteiger partial charge in [0.15, 0.2) is 11.0 Å². The normalized spacial score (nSPS) is 20.6. The van der Waals surface area contributed by atoms with Gasteiger partial charge in [0.25, 0.3) is 0 Å². The maximum absolute atomic E-state index is 6.06. The molecule has 0 radical (unpaired) electrons. The van der Waals surface area contributed by atoms with Crippen molar-refractivity contribution in [3.8, 4) is 0 Å². The first-order valence-electron chi connectivity index (χ1n) is 5.44. The Labute approximate surface area is 106 Å². The molecule has 88 valence electrons. The summed E-state index contributed by atoms with van der Waals surface area (Å²) in [5.41, 5.74) is 0. The smallest absolute Gasteiger partial charge is 0.171 e. The van der Waals surface area contributed by atoms with Gasteiger partial charge in [0.05, 0.1) is 0 Å². The van der Waals surface area contributed by atoms with Crippen LogP contribution in [0.2, 0.25) is 5.15 Å². The molecule has 0 bridgehead atoms. The molecule has 1 saturated heterocycles. The number of hydrogen-bond acceptors (Lipinski definition) is 4. The molecule has 5 heteroatoms. The van der Waals surface area contributed by atoms with Crippen molar-refractivity contribution in [1.82, 2.24) is 9.97 Å². The summed E-state index contributed by atoms with van der Waals surface area (Å²) in [5, 5.41) is 0.507. The molecule has 3 nitrogen and oxygen atoms in total. The van der Waals surface area contributed by atoms with Crippen molar-refractivity contribution in [2.24, 2.45) is 0 Å². The Morgan fingerprint density at radius 3 is 2.81 bits per heavy atom. The lowest BCUT2D eigenvalue weighted by Crippen LogP contribution is -2.28. The van der Waals surface area contributed by atoms with Crippen LogP contribution in [0.4, 0.5) is 5.82 Å². The Morgan fingerprint density at radius 1 is 1.31 bits per heavy atom. The van der Waals surface area contributed by atoms with Crippen molar-refractivity contribution < 1.29 is 0 Å². The molecule has 0 saturated carbocycles. The van der Waals surface area contributed by atoms with Gasteiger partial charge >= 0.3 is 0 Å². The van der Waals surface area contributed by atoms with E-state index >= 15 is 0 Å². The van der Waals surface area contributed by atoms with Crippen molar-refractivity contribution in [2.75, 3.05) is 23.7 Å². The van der Waals surface area contributed by atoms with Gasteiger partial charge in [-0.15, -0.1) is 0 Å². The molecule has 2 heterocycles. The average Bonchev–Trinajstić information content (AvgIpc) is 2.40. The first-order valence-corrected chi connectivity index (χ1v) is 6.80. The van der Waals surface area contributed by atoms with E-state index in [1.165, 1.54) is 0 Å². The third-order valence-electron chi connectivity index (χ3n) is 2.77. The first kappa shape index (κ1) is 12.0. The van der Waals surface area contributed by atoms with Crippen molar-refractivity contribution in [3.63, 3.8) is 0 Å². The molecule has 0 spiro atoms.